The molecule has 0 saturated carbocycles. The van der Waals surface area contributed by atoms with E-state index in [0.29, 0.717) is 10.9 Å². The Labute approximate surface area is 220 Å². The number of aromatic nitrogens is 3. The fourth-order valence-electron chi connectivity index (χ4n) is 3.40. The summed E-state index contributed by atoms with van der Waals surface area (Å²) in [6.07, 6.45) is -7.18. The van der Waals surface area contributed by atoms with Crippen LogP contribution in [0.5, 0.6) is 5.75 Å². The van der Waals surface area contributed by atoms with Gasteiger partial charge in [0.1, 0.15) is 31.0 Å². The van der Waals surface area contributed by atoms with Crippen LogP contribution < -0.4 is 15.9 Å². The van der Waals surface area contributed by atoms with Gasteiger partial charge in [-0.3, -0.25) is 18.6 Å². The molecular formula is C23H26F2N3O10P. The molecule has 1 saturated heterocycles. The molecule has 0 bridgehead atoms. The molecule has 1 unspecified atom stereocenters. The van der Waals surface area contributed by atoms with E-state index in [1.165, 1.54) is 19.1 Å². The zero-order valence-electron chi connectivity index (χ0n) is 21.0. The highest BCUT2D eigenvalue weighted by Gasteiger charge is 2.58. The third kappa shape index (κ3) is 7.37. The van der Waals surface area contributed by atoms with Crippen molar-refractivity contribution in [1.82, 2.24) is 14.5 Å². The number of nitrogens with zero attached hydrogens (tertiary/aromatic N) is 2. The number of halogens is 2. The number of H-pyrrole nitrogens is 1. The van der Waals surface area contributed by atoms with Crippen LogP contribution in [0.3, 0.4) is 0 Å². The fraction of sp³-hybridized carbons (Fsp3) is 0.478. The van der Waals surface area contributed by atoms with E-state index >= 15 is 4.39 Å². The molecule has 6 atom stereocenters. The number of ether oxygens (including phenoxy) is 2. The van der Waals surface area contributed by atoms with Crippen molar-refractivity contribution in [2.24, 2.45) is 0 Å². The van der Waals surface area contributed by atoms with Gasteiger partial charge in [-0.25, -0.2) is 27.7 Å². The minimum Gasteiger partial charge on any atom is -0.461 e. The Morgan fingerprint density at radius 2 is 2.00 bits per heavy atom. The SMILES string of the molecule is CC(C)OC(=O)[C@H](C)O[P@](=O)(OC[C@H]1O[C@@H](n2cnc(=O)[nH]c2=O)C(F)(C#CCF)[C@H]1O)Oc1ccccc1. The molecule has 0 amide bonds. The smallest absolute Gasteiger partial charge is 0.461 e. The molecule has 13 nitrogen and oxygen atoms in total. The first-order valence-electron chi connectivity index (χ1n) is 11.5. The van der Waals surface area contributed by atoms with Gasteiger partial charge in [-0.05, 0) is 32.9 Å². The number of aromatic amines is 1. The highest BCUT2D eigenvalue weighted by molar-refractivity contribution is 7.49. The van der Waals surface area contributed by atoms with Crippen LogP contribution in [-0.2, 0) is 27.9 Å². The van der Waals surface area contributed by atoms with E-state index < -0.39 is 74.8 Å². The zero-order chi connectivity index (χ0) is 28.8. The van der Waals surface area contributed by atoms with E-state index in [1.807, 2.05) is 11.8 Å². The van der Waals surface area contributed by atoms with Crippen molar-refractivity contribution < 1.29 is 46.3 Å². The summed E-state index contributed by atoms with van der Waals surface area (Å²) in [4.78, 5) is 40.9. The van der Waals surface area contributed by atoms with Crippen LogP contribution in [-0.4, -0.2) is 69.0 Å². The number of esters is 1. The lowest BCUT2D eigenvalue weighted by Gasteiger charge is -2.24. The fourth-order valence-corrected chi connectivity index (χ4v) is 4.74. The molecule has 2 N–H and O–H groups in total. The number of alkyl halides is 2. The van der Waals surface area contributed by atoms with Gasteiger partial charge < -0.3 is 19.1 Å². The largest absolute Gasteiger partial charge is 0.530 e. The van der Waals surface area contributed by atoms with E-state index in [9.17, 15) is 28.4 Å². The first-order valence-corrected chi connectivity index (χ1v) is 13.0. The molecule has 1 aliphatic heterocycles. The van der Waals surface area contributed by atoms with Crippen LogP contribution in [0.4, 0.5) is 8.78 Å². The van der Waals surface area contributed by atoms with E-state index in [1.54, 1.807) is 37.0 Å². The first-order chi connectivity index (χ1) is 18.4. The topological polar surface area (TPSA) is 168 Å². The second-order valence-corrected chi connectivity index (χ2v) is 9.99. The van der Waals surface area contributed by atoms with E-state index in [-0.39, 0.29) is 5.75 Å². The van der Waals surface area contributed by atoms with Gasteiger partial charge in [-0.1, -0.05) is 30.0 Å². The van der Waals surface area contributed by atoms with Crippen molar-refractivity contribution in [2.75, 3.05) is 13.3 Å². The van der Waals surface area contributed by atoms with E-state index in [2.05, 4.69) is 4.98 Å². The minimum absolute atomic E-state index is 0.0237. The molecular weight excluding hydrogens is 547 g/mol. The molecule has 16 heteroatoms. The van der Waals surface area contributed by atoms with Crippen LogP contribution >= 0.6 is 7.82 Å². The standard InChI is InChI=1S/C23H26F2N3O10P/c1-14(2)35-19(30)15(3)37-39(33,38-16-8-5-4-6-9-16)34-12-17-18(29)23(25,10-7-11-24)20(36-17)28-13-26-21(31)27-22(28)32/h4-6,8-9,13-15,17-18,20,29H,11-12H2,1-3H3,(H,27,31,32)/t15-,17+,18-,20+,23?,39-/m0/s1. The van der Waals surface area contributed by atoms with Gasteiger partial charge in [0, 0.05) is 0 Å². The number of para-hydroxylation sites is 1. The Balaban J connectivity index is 1.88. The Hall–Kier alpha value is -3.41. The molecule has 0 aliphatic carbocycles. The van der Waals surface area contributed by atoms with Crippen LogP contribution in [0, 0.1) is 11.8 Å². The number of rotatable bonds is 10. The monoisotopic (exact) mass is 573 g/mol. The Morgan fingerprint density at radius 3 is 2.62 bits per heavy atom. The number of hydrogen-bond acceptors (Lipinski definition) is 11. The summed E-state index contributed by atoms with van der Waals surface area (Å²) in [5.41, 5.74) is -5.28. The van der Waals surface area contributed by atoms with Gasteiger partial charge >= 0.3 is 25.2 Å². The average Bonchev–Trinajstić information content (AvgIpc) is 3.11. The molecule has 3 rings (SSSR count). The second-order valence-electron chi connectivity index (χ2n) is 8.44. The molecule has 1 aromatic carbocycles. The molecule has 0 radical (unpaired) electrons. The zero-order valence-corrected chi connectivity index (χ0v) is 21.9. The highest BCUT2D eigenvalue weighted by Crippen LogP contribution is 2.52. The van der Waals surface area contributed by atoms with Crippen molar-refractivity contribution in [2.45, 2.75) is 57.1 Å². The maximum absolute atomic E-state index is 15.9. The van der Waals surface area contributed by atoms with Crippen molar-refractivity contribution in [3.8, 4) is 17.6 Å². The van der Waals surface area contributed by atoms with Crippen LogP contribution in [0.2, 0.25) is 0 Å². The van der Waals surface area contributed by atoms with Crippen LogP contribution in [0.1, 0.15) is 27.0 Å². The number of carbonyl (C=O) groups excluding carboxylic acids is 1. The Kier molecular flexibility index (Phi) is 9.76. The number of aliphatic hydroxyl groups excluding tert-OH is 1. The molecule has 1 fully saturated rings. The van der Waals surface area contributed by atoms with Gasteiger partial charge in [0.25, 0.3) is 0 Å². The predicted octanol–water partition coefficient (Wildman–Crippen LogP) is 1.43. The number of phosphoric ester groups is 1. The molecule has 1 aliphatic rings. The summed E-state index contributed by atoms with van der Waals surface area (Å²) in [6.45, 7) is 2.26. The number of aliphatic hydroxyl groups is 1. The van der Waals surface area contributed by atoms with Crippen molar-refractivity contribution in [3.05, 3.63) is 57.6 Å². The Bertz CT molecular complexity index is 1380. The summed E-state index contributed by atoms with van der Waals surface area (Å²) in [7, 11) is -4.68. The van der Waals surface area contributed by atoms with Gasteiger partial charge in [-0.15, -0.1) is 0 Å². The number of nitrogens with one attached hydrogen (secondary N) is 1. The number of phosphoric acid groups is 1. The lowest BCUT2D eigenvalue weighted by atomic mass is 9.96. The molecule has 0 spiro atoms. The number of benzene rings is 1. The maximum atomic E-state index is 15.9. The normalized spacial score (nSPS) is 24.8. The summed E-state index contributed by atoms with van der Waals surface area (Å²) in [5, 5.41) is 10.7. The molecule has 2 heterocycles. The van der Waals surface area contributed by atoms with Gasteiger partial charge in [0.15, 0.2) is 12.3 Å². The molecule has 2 aromatic rings. The lowest BCUT2D eigenvalue weighted by Crippen LogP contribution is -2.45. The summed E-state index contributed by atoms with van der Waals surface area (Å²) in [5.74, 6) is 2.87. The van der Waals surface area contributed by atoms with Gasteiger partial charge in [-0.2, -0.15) is 4.98 Å². The maximum Gasteiger partial charge on any atom is 0.530 e. The highest BCUT2D eigenvalue weighted by atomic mass is 31.2. The average molecular weight is 573 g/mol. The third-order valence-electron chi connectivity index (χ3n) is 5.12. The van der Waals surface area contributed by atoms with Crippen molar-refractivity contribution in [3.63, 3.8) is 0 Å². The van der Waals surface area contributed by atoms with Crippen LogP contribution in [0.25, 0.3) is 0 Å². The molecule has 1 aromatic heterocycles. The van der Waals surface area contributed by atoms with Crippen molar-refractivity contribution in [1.29, 1.82) is 0 Å². The van der Waals surface area contributed by atoms with E-state index in [0.717, 1.165) is 0 Å². The lowest BCUT2D eigenvalue weighted by molar-refractivity contribution is -0.156. The predicted molar refractivity (Wildman–Crippen MR) is 129 cm³/mol. The van der Waals surface area contributed by atoms with Crippen LogP contribution in [0.15, 0.2) is 46.2 Å². The van der Waals surface area contributed by atoms with Gasteiger partial charge in [0.05, 0.1) is 12.7 Å². The third-order valence-corrected chi connectivity index (χ3v) is 6.60. The molecule has 212 valence electrons. The number of carbonyl (C=O) groups is 1. The minimum atomic E-state index is -4.68. The Morgan fingerprint density at radius 1 is 1.31 bits per heavy atom. The first kappa shape index (κ1) is 30.1. The summed E-state index contributed by atoms with van der Waals surface area (Å²) in [6, 6.07) is 7.60. The van der Waals surface area contributed by atoms with Crippen molar-refractivity contribution >= 4 is 13.8 Å². The number of hydrogen-bond donors (Lipinski definition) is 2. The van der Waals surface area contributed by atoms with E-state index in [4.69, 9.17) is 23.0 Å². The summed E-state index contributed by atoms with van der Waals surface area (Å²) >= 11 is 0. The quantitative estimate of drug-likeness (QED) is 0.240. The van der Waals surface area contributed by atoms with Gasteiger partial charge in [0.2, 0.25) is 5.67 Å². The second kappa shape index (κ2) is 12.6. The molecule has 39 heavy (non-hydrogen) atoms. The summed E-state index contributed by atoms with van der Waals surface area (Å²) < 4.78 is 69.2.